The number of hydrogen-bond acceptors (Lipinski definition) is 3. The number of carbonyl (C=O) groups is 1. The van der Waals surface area contributed by atoms with E-state index < -0.39 is 6.61 Å². The zero-order chi connectivity index (χ0) is 21.8. The van der Waals surface area contributed by atoms with E-state index in [0.29, 0.717) is 31.0 Å². The van der Waals surface area contributed by atoms with Crippen LogP contribution < -0.4 is 20.7 Å². The molecule has 0 aliphatic carbocycles. The standard InChI is InChI=1S/C22H28F2N4O2.HI/c1-3-8-20(29)28-18-11-7-9-16(13-18)14-26-22(25-4-2)27-15-17-10-5-6-12-19(17)30-21(23)24;/h5-7,9-13,21H,3-4,8,14-15H2,1-2H3,(H,28,29)(H2,25,26,27);1H. The lowest BCUT2D eigenvalue weighted by Crippen LogP contribution is -2.36. The maximum Gasteiger partial charge on any atom is 0.387 e. The van der Waals surface area contributed by atoms with Gasteiger partial charge >= 0.3 is 6.61 Å². The van der Waals surface area contributed by atoms with Crippen LogP contribution in [0.15, 0.2) is 53.5 Å². The number of guanidine groups is 1. The lowest BCUT2D eigenvalue weighted by atomic mass is 10.2. The van der Waals surface area contributed by atoms with E-state index in [9.17, 15) is 13.6 Å². The summed E-state index contributed by atoms with van der Waals surface area (Å²) in [5.41, 5.74) is 2.27. The highest BCUT2D eigenvalue weighted by Crippen LogP contribution is 2.20. The van der Waals surface area contributed by atoms with Crippen molar-refractivity contribution in [3.8, 4) is 5.75 Å². The number of halogens is 3. The van der Waals surface area contributed by atoms with Gasteiger partial charge in [-0.05, 0) is 37.1 Å². The maximum atomic E-state index is 12.6. The predicted octanol–water partition coefficient (Wildman–Crippen LogP) is 4.90. The molecule has 0 atom stereocenters. The van der Waals surface area contributed by atoms with Gasteiger partial charge in [0.1, 0.15) is 5.75 Å². The van der Waals surface area contributed by atoms with Crippen molar-refractivity contribution in [3.63, 3.8) is 0 Å². The molecule has 3 N–H and O–H groups in total. The number of amides is 1. The molecule has 0 heterocycles. The molecule has 0 spiro atoms. The first-order chi connectivity index (χ1) is 14.5. The van der Waals surface area contributed by atoms with Gasteiger partial charge in [-0.25, -0.2) is 4.99 Å². The molecule has 0 saturated carbocycles. The number of benzene rings is 2. The number of alkyl halides is 2. The second-order valence-electron chi connectivity index (χ2n) is 6.53. The van der Waals surface area contributed by atoms with E-state index in [1.165, 1.54) is 6.07 Å². The third-order valence-corrected chi connectivity index (χ3v) is 4.09. The number of aliphatic imine (C=N–C) groups is 1. The monoisotopic (exact) mass is 546 g/mol. The van der Waals surface area contributed by atoms with Gasteiger partial charge in [0.25, 0.3) is 0 Å². The van der Waals surface area contributed by atoms with Gasteiger partial charge in [0, 0.05) is 30.8 Å². The molecule has 0 aromatic heterocycles. The average molecular weight is 546 g/mol. The highest BCUT2D eigenvalue weighted by Gasteiger charge is 2.09. The molecule has 2 aromatic carbocycles. The van der Waals surface area contributed by atoms with Crippen LogP contribution in [-0.2, 0) is 17.9 Å². The second kappa shape index (κ2) is 14.6. The molecule has 170 valence electrons. The van der Waals surface area contributed by atoms with E-state index in [1.807, 2.05) is 38.1 Å². The minimum atomic E-state index is -2.88. The molecule has 2 rings (SSSR count). The van der Waals surface area contributed by atoms with E-state index in [2.05, 4.69) is 25.7 Å². The molecule has 0 aliphatic rings. The Balaban J connectivity index is 0.00000480. The Bertz CT molecular complexity index is 850. The normalized spacial score (nSPS) is 10.9. The zero-order valence-electron chi connectivity index (χ0n) is 17.7. The summed E-state index contributed by atoms with van der Waals surface area (Å²) in [5, 5.41) is 9.13. The number of carbonyl (C=O) groups excluding carboxylic acids is 1. The molecule has 31 heavy (non-hydrogen) atoms. The topological polar surface area (TPSA) is 74.8 Å². The molecular weight excluding hydrogens is 517 g/mol. The molecule has 1 amide bonds. The summed E-state index contributed by atoms with van der Waals surface area (Å²) in [4.78, 5) is 16.3. The van der Waals surface area contributed by atoms with Gasteiger partial charge in [-0.2, -0.15) is 8.78 Å². The summed E-state index contributed by atoms with van der Waals surface area (Å²) < 4.78 is 29.7. The van der Waals surface area contributed by atoms with E-state index in [0.717, 1.165) is 17.7 Å². The Labute approximate surface area is 198 Å². The fourth-order valence-electron chi connectivity index (χ4n) is 2.75. The number of ether oxygens (including phenoxy) is 1. The van der Waals surface area contributed by atoms with Crippen LogP contribution in [0.3, 0.4) is 0 Å². The summed E-state index contributed by atoms with van der Waals surface area (Å²) in [6.07, 6.45) is 1.27. The maximum absolute atomic E-state index is 12.6. The average Bonchev–Trinajstić information content (AvgIpc) is 2.71. The molecule has 0 fully saturated rings. The van der Waals surface area contributed by atoms with Crippen LogP contribution in [0.2, 0.25) is 0 Å². The molecular formula is C22H29F2IN4O2. The molecule has 0 unspecified atom stereocenters. The van der Waals surface area contributed by atoms with Crippen molar-refractivity contribution in [2.75, 3.05) is 11.9 Å². The Kier molecular flexibility index (Phi) is 12.5. The van der Waals surface area contributed by atoms with Crippen molar-refractivity contribution < 1.29 is 18.3 Å². The number of nitrogens with zero attached hydrogens (tertiary/aromatic N) is 1. The second-order valence-corrected chi connectivity index (χ2v) is 6.53. The molecule has 0 radical (unpaired) electrons. The Morgan fingerprint density at radius 3 is 2.58 bits per heavy atom. The summed E-state index contributed by atoms with van der Waals surface area (Å²) in [5.74, 6) is 0.661. The number of para-hydroxylation sites is 1. The predicted molar refractivity (Wildman–Crippen MR) is 130 cm³/mol. The fraction of sp³-hybridized carbons (Fsp3) is 0.364. The number of hydrogen-bond donors (Lipinski definition) is 3. The summed E-state index contributed by atoms with van der Waals surface area (Å²) in [6, 6.07) is 14.1. The van der Waals surface area contributed by atoms with Crippen LogP contribution in [0, 0.1) is 0 Å². The highest BCUT2D eigenvalue weighted by molar-refractivity contribution is 14.0. The SMILES string of the molecule is CCCC(=O)Nc1cccc(CN=C(NCC)NCc2ccccc2OC(F)F)c1.I. The number of anilines is 1. The first-order valence-corrected chi connectivity index (χ1v) is 9.95. The van der Waals surface area contributed by atoms with Crippen LogP contribution in [0.5, 0.6) is 5.75 Å². The van der Waals surface area contributed by atoms with E-state index >= 15 is 0 Å². The van der Waals surface area contributed by atoms with Crippen molar-refractivity contribution in [1.82, 2.24) is 10.6 Å². The third-order valence-electron chi connectivity index (χ3n) is 4.09. The Morgan fingerprint density at radius 1 is 1.10 bits per heavy atom. The summed E-state index contributed by atoms with van der Waals surface area (Å²) in [6.45, 7) is 2.34. The van der Waals surface area contributed by atoms with Gasteiger partial charge in [0.05, 0.1) is 6.54 Å². The molecule has 0 bridgehead atoms. The van der Waals surface area contributed by atoms with Gasteiger partial charge in [-0.15, -0.1) is 24.0 Å². The fourth-order valence-corrected chi connectivity index (χ4v) is 2.75. The first-order valence-electron chi connectivity index (χ1n) is 9.95. The minimum absolute atomic E-state index is 0. The number of rotatable bonds is 10. The van der Waals surface area contributed by atoms with Crippen LogP contribution in [0.25, 0.3) is 0 Å². The first kappa shape index (κ1) is 26.6. The molecule has 6 nitrogen and oxygen atoms in total. The zero-order valence-corrected chi connectivity index (χ0v) is 20.0. The molecule has 2 aromatic rings. The number of nitrogens with one attached hydrogen (secondary N) is 3. The molecule has 0 aliphatic heterocycles. The minimum Gasteiger partial charge on any atom is -0.434 e. The Morgan fingerprint density at radius 2 is 1.87 bits per heavy atom. The van der Waals surface area contributed by atoms with Crippen molar-refractivity contribution in [3.05, 3.63) is 59.7 Å². The lowest BCUT2D eigenvalue weighted by molar-refractivity contribution is -0.116. The van der Waals surface area contributed by atoms with Gasteiger partial charge in [0.2, 0.25) is 5.91 Å². The van der Waals surface area contributed by atoms with E-state index in [4.69, 9.17) is 0 Å². The van der Waals surface area contributed by atoms with Crippen molar-refractivity contribution >= 4 is 41.5 Å². The third kappa shape index (κ3) is 9.95. The Hall–Kier alpha value is -2.43. The van der Waals surface area contributed by atoms with Crippen molar-refractivity contribution in [2.24, 2.45) is 4.99 Å². The van der Waals surface area contributed by atoms with Crippen LogP contribution in [0.1, 0.15) is 37.8 Å². The van der Waals surface area contributed by atoms with Gasteiger partial charge < -0.3 is 20.7 Å². The quantitative estimate of drug-likeness (QED) is 0.225. The smallest absolute Gasteiger partial charge is 0.387 e. The van der Waals surface area contributed by atoms with Crippen molar-refractivity contribution in [2.45, 2.75) is 46.4 Å². The lowest BCUT2D eigenvalue weighted by Gasteiger charge is -2.14. The summed E-state index contributed by atoms with van der Waals surface area (Å²) >= 11 is 0. The van der Waals surface area contributed by atoms with Gasteiger partial charge in [0.15, 0.2) is 5.96 Å². The highest BCUT2D eigenvalue weighted by atomic mass is 127. The van der Waals surface area contributed by atoms with Crippen LogP contribution in [-0.4, -0.2) is 25.0 Å². The van der Waals surface area contributed by atoms with Crippen LogP contribution in [0.4, 0.5) is 14.5 Å². The van der Waals surface area contributed by atoms with E-state index in [-0.39, 0.29) is 42.2 Å². The van der Waals surface area contributed by atoms with Gasteiger partial charge in [-0.3, -0.25) is 4.79 Å². The van der Waals surface area contributed by atoms with E-state index in [1.54, 1.807) is 18.2 Å². The van der Waals surface area contributed by atoms with Crippen LogP contribution >= 0.6 is 24.0 Å². The molecule has 9 heteroatoms. The molecule has 0 saturated heterocycles. The largest absolute Gasteiger partial charge is 0.434 e. The van der Waals surface area contributed by atoms with Crippen molar-refractivity contribution in [1.29, 1.82) is 0 Å². The van der Waals surface area contributed by atoms with Gasteiger partial charge in [-0.1, -0.05) is 37.3 Å². The summed E-state index contributed by atoms with van der Waals surface area (Å²) in [7, 11) is 0.